The topological polar surface area (TPSA) is 94.2 Å². The third kappa shape index (κ3) is 4.73. The predicted octanol–water partition coefficient (Wildman–Crippen LogP) is 2.61. The summed E-state index contributed by atoms with van der Waals surface area (Å²) >= 11 is 0. The van der Waals surface area contributed by atoms with Crippen LogP contribution < -0.4 is 19.5 Å². The fraction of sp³-hybridized carbons (Fsp3) is 0.316. The van der Waals surface area contributed by atoms with Crippen LogP contribution in [0, 0.1) is 0 Å². The number of nitrogens with zero attached hydrogens (tertiary/aromatic N) is 1. The molecule has 0 aromatic heterocycles. The minimum absolute atomic E-state index is 0.0274. The van der Waals surface area contributed by atoms with Crippen LogP contribution in [0.1, 0.15) is 17.3 Å². The van der Waals surface area contributed by atoms with Crippen molar-refractivity contribution in [3.63, 3.8) is 0 Å². The summed E-state index contributed by atoms with van der Waals surface area (Å²) in [5.74, 6) is 0.714. The standard InChI is InChI=1S/C19H24N2O6S/c1-6-27-17-8-7-14(11-18(17)28(23,24)21(2)3)20-19(22)13-9-15(25-4)12-16(10-13)26-5/h7-12H,6H2,1-5H3,(H,20,22). The fourth-order valence-electron chi connectivity index (χ4n) is 2.40. The second-order valence-electron chi connectivity index (χ2n) is 5.94. The SMILES string of the molecule is CCOc1ccc(NC(=O)c2cc(OC)cc(OC)c2)cc1S(=O)(=O)N(C)C. The fourth-order valence-corrected chi connectivity index (χ4v) is 3.45. The Balaban J connectivity index is 2.40. The van der Waals surface area contributed by atoms with E-state index in [1.54, 1.807) is 31.2 Å². The molecule has 0 aliphatic rings. The Morgan fingerprint density at radius 2 is 1.64 bits per heavy atom. The Kier molecular flexibility index (Phi) is 6.87. The van der Waals surface area contributed by atoms with E-state index in [2.05, 4.69) is 5.32 Å². The molecule has 2 aromatic carbocycles. The van der Waals surface area contributed by atoms with E-state index in [-0.39, 0.29) is 10.6 Å². The number of carbonyl (C=O) groups excluding carboxylic acids is 1. The Labute approximate surface area is 165 Å². The van der Waals surface area contributed by atoms with Gasteiger partial charge in [-0.15, -0.1) is 0 Å². The second-order valence-corrected chi connectivity index (χ2v) is 8.06. The number of sulfonamides is 1. The Hall–Kier alpha value is -2.78. The van der Waals surface area contributed by atoms with Gasteiger partial charge in [-0.1, -0.05) is 0 Å². The molecule has 8 nitrogen and oxygen atoms in total. The summed E-state index contributed by atoms with van der Waals surface area (Å²) in [5.41, 5.74) is 0.623. The van der Waals surface area contributed by atoms with E-state index >= 15 is 0 Å². The number of nitrogens with one attached hydrogen (secondary N) is 1. The van der Waals surface area contributed by atoms with Crippen molar-refractivity contribution in [1.29, 1.82) is 0 Å². The van der Waals surface area contributed by atoms with Crippen molar-refractivity contribution in [3.8, 4) is 17.2 Å². The van der Waals surface area contributed by atoms with Gasteiger partial charge in [0.1, 0.15) is 22.1 Å². The lowest BCUT2D eigenvalue weighted by Gasteiger charge is -2.17. The molecule has 0 bridgehead atoms. The molecule has 2 aromatic rings. The van der Waals surface area contributed by atoms with Gasteiger partial charge in [0, 0.05) is 31.4 Å². The maximum atomic E-state index is 12.6. The van der Waals surface area contributed by atoms with Crippen LogP contribution in [0.3, 0.4) is 0 Å². The maximum absolute atomic E-state index is 12.6. The molecular formula is C19H24N2O6S. The first kappa shape index (κ1) is 21.5. The number of amides is 1. The lowest BCUT2D eigenvalue weighted by molar-refractivity contribution is 0.102. The second kappa shape index (κ2) is 8.94. The molecule has 28 heavy (non-hydrogen) atoms. The highest BCUT2D eigenvalue weighted by Gasteiger charge is 2.23. The Morgan fingerprint density at radius 1 is 1.04 bits per heavy atom. The van der Waals surface area contributed by atoms with E-state index in [1.807, 2.05) is 0 Å². The molecule has 0 fully saturated rings. The Morgan fingerprint density at radius 3 is 2.14 bits per heavy atom. The molecule has 0 heterocycles. The zero-order chi connectivity index (χ0) is 20.9. The van der Waals surface area contributed by atoms with Crippen LogP contribution in [0.15, 0.2) is 41.3 Å². The van der Waals surface area contributed by atoms with Crippen molar-refractivity contribution in [2.24, 2.45) is 0 Å². The summed E-state index contributed by atoms with van der Waals surface area (Å²) in [6.07, 6.45) is 0. The minimum atomic E-state index is -3.76. The van der Waals surface area contributed by atoms with Crippen LogP contribution in [0.2, 0.25) is 0 Å². The molecule has 152 valence electrons. The quantitative estimate of drug-likeness (QED) is 0.722. The third-order valence-corrected chi connectivity index (χ3v) is 5.71. The van der Waals surface area contributed by atoms with Crippen LogP contribution >= 0.6 is 0 Å². The van der Waals surface area contributed by atoms with Gasteiger partial charge in [-0.3, -0.25) is 4.79 Å². The highest BCUT2D eigenvalue weighted by Crippen LogP contribution is 2.30. The first-order chi connectivity index (χ1) is 13.2. The number of ether oxygens (including phenoxy) is 3. The number of methoxy groups -OCH3 is 2. The van der Waals surface area contributed by atoms with Crippen LogP contribution in [0.5, 0.6) is 17.2 Å². The van der Waals surface area contributed by atoms with Gasteiger partial charge in [-0.05, 0) is 37.3 Å². The number of rotatable bonds is 8. The highest BCUT2D eigenvalue weighted by atomic mass is 32.2. The van der Waals surface area contributed by atoms with E-state index < -0.39 is 15.9 Å². The van der Waals surface area contributed by atoms with Gasteiger partial charge in [0.15, 0.2) is 0 Å². The molecule has 0 aliphatic heterocycles. The number of hydrogen-bond acceptors (Lipinski definition) is 6. The molecule has 0 radical (unpaired) electrons. The van der Waals surface area contributed by atoms with E-state index in [9.17, 15) is 13.2 Å². The molecule has 1 amide bonds. The lowest BCUT2D eigenvalue weighted by Crippen LogP contribution is -2.23. The molecule has 1 N–H and O–H groups in total. The van der Waals surface area contributed by atoms with Gasteiger partial charge >= 0.3 is 0 Å². The minimum Gasteiger partial charge on any atom is -0.497 e. The average molecular weight is 408 g/mol. The molecule has 0 atom stereocenters. The molecular weight excluding hydrogens is 384 g/mol. The van der Waals surface area contributed by atoms with E-state index in [1.165, 1.54) is 40.4 Å². The van der Waals surface area contributed by atoms with Gasteiger partial charge in [-0.2, -0.15) is 0 Å². The van der Waals surface area contributed by atoms with Crippen molar-refractivity contribution in [1.82, 2.24) is 4.31 Å². The summed E-state index contributed by atoms with van der Waals surface area (Å²) < 4.78 is 42.1. The highest BCUT2D eigenvalue weighted by molar-refractivity contribution is 7.89. The molecule has 0 unspecified atom stereocenters. The molecule has 0 saturated carbocycles. The van der Waals surface area contributed by atoms with Crippen LogP contribution in [-0.2, 0) is 10.0 Å². The van der Waals surface area contributed by atoms with Crippen molar-refractivity contribution in [2.75, 3.05) is 40.2 Å². The summed E-state index contributed by atoms with van der Waals surface area (Å²) in [6, 6.07) is 9.23. The number of anilines is 1. The van der Waals surface area contributed by atoms with Crippen molar-refractivity contribution >= 4 is 21.6 Å². The molecule has 2 rings (SSSR count). The van der Waals surface area contributed by atoms with Gasteiger partial charge in [0.25, 0.3) is 5.91 Å². The molecule has 0 spiro atoms. The average Bonchev–Trinajstić information content (AvgIpc) is 2.68. The predicted molar refractivity (Wildman–Crippen MR) is 106 cm³/mol. The van der Waals surface area contributed by atoms with Crippen LogP contribution in [0.25, 0.3) is 0 Å². The molecule has 0 saturated heterocycles. The number of benzene rings is 2. The smallest absolute Gasteiger partial charge is 0.255 e. The number of carbonyl (C=O) groups is 1. The lowest BCUT2D eigenvalue weighted by atomic mass is 10.1. The molecule has 9 heteroatoms. The van der Waals surface area contributed by atoms with Gasteiger partial charge in [0.2, 0.25) is 10.0 Å². The van der Waals surface area contributed by atoms with Crippen molar-refractivity contribution in [2.45, 2.75) is 11.8 Å². The monoisotopic (exact) mass is 408 g/mol. The summed E-state index contributed by atoms with van der Waals surface area (Å²) in [7, 11) is 2.08. The zero-order valence-electron chi connectivity index (χ0n) is 16.5. The van der Waals surface area contributed by atoms with Gasteiger partial charge in [-0.25, -0.2) is 12.7 Å². The molecule has 0 aliphatic carbocycles. The van der Waals surface area contributed by atoms with Crippen molar-refractivity contribution in [3.05, 3.63) is 42.0 Å². The summed E-state index contributed by atoms with van der Waals surface area (Å²) in [5, 5.41) is 2.69. The van der Waals surface area contributed by atoms with Crippen molar-refractivity contribution < 1.29 is 27.4 Å². The summed E-state index contributed by atoms with van der Waals surface area (Å²) in [6.45, 7) is 2.07. The Bertz CT molecular complexity index is 935. The largest absolute Gasteiger partial charge is 0.497 e. The van der Waals surface area contributed by atoms with E-state index in [4.69, 9.17) is 14.2 Å². The first-order valence-electron chi connectivity index (χ1n) is 8.46. The normalized spacial score (nSPS) is 11.2. The number of hydrogen-bond donors (Lipinski definition) is 1. The van der Waals surface area contributed by atoms with Gasteiger partial charge < -0.3 is 19.5 Å². The van der Waals surface area contributed by atoms with Crippen LogP contribution in [0.4, 0.5) is 5.69 Å². The zero-order valence-corrected chi connectivity index (χ0v) is 17.3. The van der Waals surface area contributed by atoms with Crippen LogP contribution in [-0.4, -0.2) is 53.6 Å². The van der Waals surface area contributed by atoms with E-state index in [0.29, 0.717) is 29.4 Å². The van der Waals surface area contributed by atoms with E-state index in [0.717, 1.165) is 4.31 Å². The maximum Gasteiger partial charge on any atom is 0.255 e. The first-order valence-corrected chi connectivity index (χ1v) is 9.90. The third-order valence-electron chi connectivity index (χ3n) is 3.87. The van der Waals surface area contributed by atoms with Gasteiger partial charge in [0.05, 0.1) is 20.8 Å². The summed E-state index contributed by atoms with van der Waals surface area (Å²) in [4.78, 5) is 12.6.